The van der Waals surface area contributed by atoms with Gasteiger partial charge in [0.05, 0.1) is 4.92 Å². The lowest BCUT2D eigenvalue weighted by Crippen LogP contribution is -2.39. The standard InChI is InChI=1S/C14H18ClN3O3/c1-14(2)5-3-9(4-6-14)17-13(19)10-7-12(15)16-8-11(10)18(20)21/h7-9H,3-6H2,1-2H3,(H,17,19). The number of halogens is 1. The van der Waals surface area contributed by atoms with E-state index in [0.717, 1.165) is 31.9 Å². The maximum atomic E-state index is 12.2. The van der Waals surface area contributed by atoms with Crippen LogP contribution in [0.4, 0.5) is 5.69 Å². The third-order valence-electron chi connectivity index (χ3n) is 3.97. The maximum Gasteiger partial charge on any atom is 0.300 e. The van der Waals surface area contributed by atoms with Gasteiger partial charge in [-0.05, 0) is 37.2 Å². The SMILES string of the molecule is CC1(C)CCC(NC(=O)c2cc(Cl)ncc2[N+](=O)[O-])CC1. The molecule has 1 N–H and O–H groups in total. The smallest absolute Gasteiger partial charge is 0.300 e. The molecule has 1 saturated carbocycles. The first-order valence-corrected chi connectivity index (χ1v) is 7.27. The van der Waals surface area contributed by atoms with E-state index in [1.807, 2.05) is 0 Å². The van der Waals surface area contributed by atoms with Crippen molar-refractivity contribution in [1.29, 1.82) is 0 Å². The predicted octanol–water partition coefficient (Wildman–Crippen LogP) is 3.34. The van der Waals surface area contributed by atoms with Crippen LogP contribution in [0.5, 0.6) is 0 Å². The molecular weight excluding hydrogens is 294 g/mol. The molecule has 0 radical (unpaired) electrons. The molecule has 6 nitrogen and oxygen atoms in total. The minimum atomic E-state index is -0.623. The van der Waals surface area contributed by atoms with Gasteiger partial charge in [0, 0.05) is 6.04 Å². The van der Waals surface area contributed by atoms with E-state index >= 15 is 0 Å². The topological polar surface area (TPSA) is 85.1 Å². The number of hydrogen-bond acceptors (Lipinski definition) is 4. The normalized spacial score (nSPS) is 18.2. The summed E-state index contributed by atoms with van der Waals surface area (Å²) in [5, 5.41) is 13.9. The van der Waals surface area contributed by atoms with Gasteiger partial charge in [-0.1, -0.05) is 25.4 Å². The zero-order valence-electron chi connectivity index (χ0n) is 12.1. The Bertz CT molecular complexity index is 565. The molecule has 1 aromatic rings. The molecule has 1 amide bonds. The molecule has 2 rings (SSSR count). The van der Waals surface area contributed by atoms with Crippen molar-refractivity contribution in [3.63, 3.8) is 0 Å². The van der Waals surface area contributed by atoms with E-state index in [1.54, 1.807) is 0 Å². The third-order valence-corrected chi connectivity index (χ3v) is 4.17. The first kappa shape index (κ1) is 15.7. The van der Waals surface area contributed by atoms with Gasteiger partial charge in [0.2, 0.25) is 0 Å². The molecule has 1 heterocycles. The Balaban J connectivity index is 2.11. The molecule has 0 aromatic carbocycles. The zero-order chi connectivity index (χ0) is 15.6. The van der Waals surface area contributed by atoms with Crippen LogP contribution in [0.25, 0.3) is 0 Å². The molecular formula is C14H18ClN3O3. The average Bonchev–Trinajstić information content (AvgIpc) is 2.40. The number of carbonyl (C=O) groups excluding carboxylic acids is 1. The molecule has 0 bridgehead atoms. The number of nitro groups is 1. The van der Waals surface area contributed by atoms with Crippen molar-refractivity contribution in [3.8, 4) is 0 Å². The molecule has 0 saturated heterocycles. The first-order valence-electron chi connectivity index (χ1n) is 6.89. The largest absolute Gasteiger partial charge is 0.349 e. The lowest BCUT2D eigenvalue weighted by molar-refractivity contribution is -0.385. The van der Waals surface area contributed by atoms with E-state index in [-0.39, 0.29) is 22.4 Å². The summed E-state index contributed by atoms with van der Waals surface area (Å²) >= 11 is 5.73. The lowest BCUT2D eigenvalue weighted by atomic mass is 9.75. The Morgan fingerprint density at radius 1 is 1.48 bits per heavy atom. The monoisotopic (exact) mass is 311 g/mol. The van der Waals surface area contributed by atoms with Crippen molar-refractivity contribution in [1.82, 2.24) is 10.3 Å². The fourth-order valence-electron chi connectivity index (χ4n) is 2.56. The minimum absolute atomic E-state index is 0.0372. The Hall–Kier alpha value is -1.69. The molecule has 1 aromatic heterocycles. The number of hydrogen-bond donors (Lipinski definition) is 1. The third kappa shape index (κ3) is 3.91. The summed E-state index contributed by atoms with van der Waals surface area (Å²) in [6.45, 7) is 4.41. The van der Waals surface area contributed by atoms with Crippen molar-refractivity contribution in [3.05, 3.63) is 33.1 Å². The second-order valence-electron chi connectivity index (χ2n) is 6.19. The number of nitrogens with one attached hydrogen (secondary N) is 1. The van der Waals surface area contributed by atoms with Crippen molar-refractivity contribution in [2.75, 3.05) is 0 Å². The molecule has 1 aliphatic carbocycles. The molecule has 0 aliphatic heterocycles. The van der Waals surface area contributed by atoms with E-state index < -0.39 is 10.8 Å². The summed E-state index contributed by atoms with van der Waals surface area (Å²) in [5.74, 6) is -0.462. The zero-order valence-corrected chi connectivity index (χ0v) is 12.8. The second kappa shape index (κ2) is 5.97. The quantitative estimate of drug-likeness (QED) is 0.527. The van der Waals surface area contributed by atoms with Crippen LogP contribution in [-0.2, 0) is 0 Å². The van der Waals surface area contributed by atoms with Gasteiger partial charge in [0.1, 0.15) is 16.9 Å². The molecule has 0 atom stereocenters. The molecule has 1 aliphatic rings. The van der Waals surface area contributed by atoms with E-state index in [9.17, 15) is 14.9 Å². The summed E-state index contributed by atoms with van der Waals surface area (Å²) < 4.78 is 0. The van der Waals surface area contributed by atoms with E-state index in [2.05, 4.69) is 24.1 Å². The molecule has 1 fully saturated rings. The van der Waals surface area contributed by atoms with Gasteiger partial charge < -0.3 is 5.32 Å². The van der Waals surface area contributed by atoms with Crippen LogP contribution >= 0.6 is 11.6 Å². The highest BCUT2D eigenvalue weighted by Crippen LogP contribution is 2.35. The fraction of sp³-hybridized carbons (Fsp3) is 0.571. The van der Waals surface area contributed by atoms with Gasteiger partial charge >= 0.3 is 0 Å². The number of pyridine rings is 1. The highest BCUT2D eigenvalue weighted by Gasteiger charge is 2.29. The Morgan fingerprint density at radius 3 is 2.67 bits per heavy atom. The summed E-state index contributed by atoms with van der Waals surface area (Å²) in [5.41, 5.74) is -0.0643. The summed E-state index contributed by atoms with van der Waals surface area (Å²) in [6, 6.07) is 1.29. The maximum absolute atomic E-state index is 12.2. The van der Waals surface area contributed by atoms with Crippen molar-refractivity contribution >= 4 is 23.2 Å². The van der Waals surface area contributed by atoms with Crippen LogP contribution in [0.3, 0.4) is 0 Å². The Labute approximate surface area is 128 Å². The van der Waals surface area contributed by atoms with Crippen molar-refractivity contribution < 1.29 is 9.72 Å². The number of carbonyl (C=O) groups is 1. The van der Waals surface area contributed by atoms with Gasteiger partial charge in [0.25, 0.3) is 11.6 Å². The molecule has 0 unspecified atom stereocenters. The van der Waals surface area contributed by atoms with Crippen LogP contribution in [0.15, 0.2) is 12.3 Å². The molecule has 0 spiro atoms. The number of nitrogens with zero attached hydrogens (tertiary/aromatic N) is 2. The minimum Gasteiger partial charge on any atom is -0.349 e. The van der Waals surface area contributed by atoms with Crippen LogP contribution in [0.1, 0.15) is 49.9 Å². The van der Waals surface area contributed by atoms with Gasteiger partial charge in [-0.2, -0.15) is 0 Å². The second-order valence-corrected chi connectivity index (χ2v) is 6.58. The van der Waals surface area contributed by atoms with Crippen molar-refractivity contribution in [2.24, 2.45) is 5.41 Å². The highest BCUT2D eigenvalue weighted by molar-refractivity contribution is 6.29. The molecule has 114 valence electrons. The highest BCUT2D eigenvalue weighted by atomic mass is 35.5. The van der Waals surface area contributed by atoms with Crippen LogP contribution < -0.4 is 5.32 Å². The van der Waals surface area contributed by atoms with Crippen LogP contribution in [0, 0.1) is 15.5 Å². The van der Waals surface area contributed by atoms with Crippen LogP contribution in [0.2, 0.25) is 5.15 Å². The Kier molecular flexibility index (Phi) is 4.46. The van der Waals surface area contributed by atoms with Gasteiger partial charge in [-0.15, -0.1) is 0 Å². The Morgan fingerprint density at radius 2 is 2.10 bits per heavy atom. The number of amides is 1. The van der Waals surface area contributed by atoms with E-state index in [0.29, 0.717) is 5.41 Å². The van der Waals surface area contributed by atoms with E-state index in [4.69, 9.17) is 11.6 Å². The summed E-state index contributed by atoms with van der Waals surface area (Å²) in [6.07, 6.45) is 4.83. The van der Waals surface area contributed by atoms with Gasteiger partial charge in [-0.3, -0.25) is 14.9 Å². The van der Waals surface area contributed by atoms with Crippen LogP contribution in [-0.4, -0.2) is 21.9 Å². The van der Waals surface area contributed by atoms with E-state index in [1.165, 1.54) is 6.07 Å². The van der Waals surface area contributed by atoms with Crippen molar-refractivity contribution in [2.45, 2.75) is 45.6 Å². The fourth-order valence-corrected chi connectivity index (χ4v) is 2.71. The van der Waals surface area contributed by atoms with Gasteiger partial charge in [-0.25, -0.2) is 4.98 Å². The summed E-state index contributed by atoms with van der Waals surface area (Å²) in [4.78, 5) is 26.2. The summed E-state index contributed by atoms with van der Waals surface area (Å²) in [7, 11) is 0. The number of aromatic nitrogens is 1. The average molecular weight is 312 g/mol. The predicted molar refractivity (Wildman–Crippen MR) is 79.4 cm³/mol. The number of rotatable bonds is 3. The molecule has 7 heteroatoms. The first-order chi connectivity index (χ1) is 9.78. The molecule has 21 heavy (non-hydrogen) atoms. The van der Waals surface area contributed by atoms with Gasteiger partial charge in [0.15, 0.2) is 0 Å². The lowest BCUT2D eigenvalue weighted by Gasteiger charge is -2.34.